The van der Waals surface area contributed by atoms with Crippen molar-refractivity contribution in [3.8, 4) is 0 Å². The summed E-state index contributed by atoms with van der Waals surface area (Å²) in [7, 11) is 0. The largest absolute Gasteiger partial charge is 0.465 e. The van der Waals surface area contributed by atoms with E-state index in [0.29, 0.717) is 13.0 Å². The standard InChI is InChI=1S/C19H23ClO7/c1-10-4-5-18(8-24-11(2)21)12(6-10)26-16-14(23)15(27-13(22)7-20)17(18,3)19(16)9-25-19/h6,12,15-16H,4-5,7-9H2,1-3H3/t12?,15-,16?,17-,18-,19?/m1/s1. The van der Waals surface area contributed by atoms with Crippen LogP contribution in [-0.2, 0) is 33.3 Å². The van der Waals surface area contributed by atoms with E-state index in [1.165, 1.54) is 6.92 Å². The smallest absolute Gasteiger partial charge is 0.321 e. The summed E-state index contributed by atoms with van der Waals surface area (Å²) < 4.78 is 23.0. The first-order chi connectivity index (χ1) is 12.7. The second kappa shape index (κ2) is 6.03. The van der Waals surface area contributed by atoms with Crippen molar-refractivity contribution >= 4 is 29.3 Å². The molecule has 3 fully saturated rings. The fraction of sp³-hybridized carbons (Fsp3) is 0.737. The average molecular weight is 399 g/mol. The van der Waals surface area contributed by atoms with E-state index in [0.717, 1.165) is 12.0 Å². The summed E-state index contributed by atoms with van der Waals surface area (Å²) in [6.45, 7) is 5.66. The zero-order valence-corrected chi connectivity index (χ0v) is 16.3. The van der Waals surface area contributed by atoms with Gasteiger partial charge in [-0.3, -0.25) is 14.4 Å². The lowest BCUT2D eigenvalue weighted by Crippen LogP contribution is -2.66. The molecule has 7 nitrogen and oxygen atoms in total. The molecule has 27 heavy (non-hydrogen) atoms. The number of carbonyl (C=O) groups excluding carboxylic acids is 3. The minimum atomic E-state index is -1.05. The van der Waals surface area contributed by atoms with Gasteiger partial charge in [-0.2, -0.15) is 0 Å². The Labute approximate surface area is 162 Å². The van der Waals surface area contributed by atoms with Crippen molar-refractivity contribution in [1.29, 1.82) is 0 Å². The van der Waals surface area contributed by atoms with Gasteiger partial charge in [0.05, 0.1) is 18.1 Å². The van der Waals surface area contributed by atoms with Crippen molar-refractivity contribution in [2.75, 3.05) is 19.1 Å². The fourth-order valence-electron chi connectivity index (χ4n) is 5.34. The summed E-state index contributed by atoms with van der Waals surface area (Å²) in [6, 6.07) is 0. The molecule has 2 bridgehead atoms. The van der Waals surface area contributed by atoms with Crippen molar-refractivity contribution in [1.82, 2.24) is 0 Å². The Kier molecular flexibility index (Phi) is 4.22. The Morgan fingerprint density at radius 1 is 1.41 bits per heavy atom. The fourth-order valence-corrected chi connectivity index (χ4v) is 5.41. The highest BCUT2D eigenvalue weighted by Gasteiger charge is 2.86. The number of hydrogen-bond acceptors (Lipinski definition) is 7. The zero-order chi connectivity index (χ0) is 19.6. The number of rotatable bonds is 4. The molecule has 0 aromatic carbocycles. The molecule has 0 aromatic rings. The van der Waals surface area contributed by atoms with Crippen LogP contribution in [0.15, 0.2) is 11.6 Å². The molecular weight excluding hydrogens is 376 g/mol. The highest BCUT2D eigenvalue weighted by molar-refractivity contribution is 6.26. The lowest BCUT2D eigenvalue weighted by atomic mass is 9.51. The number of halogens is 1. The van der Waals surface area contributed by atoms with E-state index in [4.69, 9.17) is 30.5 Å². The first-order valence-corrected chi connectivity index (χ1v) is 9.64. The molecule has 2 heterocycles. The lowest BCUT2D eigenvalue weighted by molar-refractivity contribution is -0.232. The van der Waals surface area contributed by atoms with Crippen molar-refractivity contribution in [2.45, 2.75) is 57.5 Å². The van der Waals surface area contributed by atoms with Crippen LogP contribution in [0.5, 0.6) is 0 Å². The van der Waals surface area contributed by atoms with Gasteiger partial charge in [-0.1, -0.05) is 18.6 Å². The van der Waals surface area contributed by atoms with Crippen molar-refractivity contribution in [3.05, 3.63) is 11.6 Å². The number of esters is 2. The van der Waals surface area contributed by atoms with Crippen LogP contribution >= 0.6 is 11.6 Å². The van der Waals surface area contributed by atoms with Crippen LogP contribution < -0.4 is 0 Å². The molecule has 0 amide bonds. The molecule has 0 aromatic heterocycles. The molecular formula is C19H23ClO7. The quantitative estimate of drug-likeness (QED) is 0.307. The third-order valence-corrected chi connectivity index (χ3v) is 7.17. The number of fused-ring (bicyclic) bond motifs is 2. The Hall–Kier alpha value is -1.44. The first kappa shape index (κ1) is 18.9. The van der Waals surface area contributed by atoms with Gasteiger partial charge in [0.25, 0.3) is 0 Å². The van der Waals surface area contributed by atoms with Gasteiger partial charge in [-0.25, -0.2) is 0 Å². The van der Waals surface area contributed by atoms with Gasteiger partial charge < -0.3 is 18.9 Å². The molecule has 0 N–H and O–H groups in total. The maximum absolute atomic E-state index is 13.2. The first-order valence-electron chi connectivity index (χ1n) is 9.11. The molecule has 4 rings (SSSR count). The number of Topliss-reactive ketones (excluding diaryl/α,β-unsaturated/α-hetero) is 1. The van der Waals surface area contributed by atoms with E-state index < -0.39 is 46.7 Å². The van der Waals surface area contributed by atoms with Gasteiger partial charge in [0, 0.05) is 12.3 Å². The third kappa shape index (κ3) is 2.31. The van der Waals surface area contributed by atoms with Crippen LogP contribution in [0.3, 0.4) is 0 Å². The van der Waals surface area contributed by atoms with Crippen LogP contribution in [-0.4, -0.2) is 60.7 Å². The van der Waals surface area contributed by atoms with E-state index in [1.807, 2.05) is 19.9 Å². The van der Waals surface area contributed by atoms with Crippen molar-refractivity contribution in [2.24, 2.45) is 10.8 Å². The molecule has 0 radical (unpaired) electrons. The molecule has 2 aliphatic carbocycles. The summed E-state index contributed by atoms with van der Waals surface area (Å²) in [5.41, 5.74) is -1.35. The van der Waals surface area contributed by atoms with Crippen LogP contribution in [0, 0.1) is 10.8 Å². The second-order valence-electron chi connectivity index (χ2n) is 8.17. The molecule has 3 unspecified atom stereocenters. The molecule has 2 saturated heterocycles. The number of epoxide rings is 1. The van der Waals surface area contributed by atoms with Gasteiger partial charge in [0.1, 0.15) is 18.1 Å². The highest BCUT2D eigenvalue weighted by atomic mass is 35.5. The number of allylic oxidation sites excluding steroid dienone is 1. The number of alkyl halides is 1. The molecule has 6 atom stereocenters. The van der Waals surface area contributed by atoms with Crippen LogP contribution in [0.1, 0.15) is 33.6 Å². The summed E-state index contributed by atoms with van der Waals surface area (Å²) in [5.74, 6) is -1.74. The molecule has 1 spiro atoms. The molecule has 2 aliphatic heterocycles. The lowest BCUT2D eigenvalue weighted by Gasteiger charge is -2.57. The summed E-state index contributed by atoms with van der Waals surface area (Å²) in [5, 5.41) is 0. The normalized spacial score (nSPS) is 44.5. The van der Waals surface area contributed by atoms with Crippen molar-refractivity contribution in [3.63, 3.8) is 0 Å². The number of ketones is 1. The highest BCUT2D eigenvalue weighted by Crippen LogP contribution is 2.71. The number of ether oxygens (including phenoxy) is 4. The van der Waals surface area contributed by atoms with Gasteiger partial charge in [0.2, 0.25) is 5.78 Å². The molecule has 8 heteroatoms. The average Bonchev–Trinajstić information content (AvgIpc) is 3.41. The Morgan fingerprint density at radius 2 is 2.11 bits per heavy atom. The summed E-state index contributed by atoms with van der Waals surface area (Å²) >= 11 is 5.62. The third-order valence-electron chi connectivity index (χ3n) is 6.95. The van der Waals surface area contributed by atoms with Crippen LogP contribution in [0.25, 0.3) is 0 Å². The zero-order valence-electron chi connectivity index (χ0n) is 15.6. The van der Waals surface area contributed by atoms with Crippen molar-refractivity contribution < 1.29 is 33.3 Å². The number of hydrogen-bond donors (Lipinski definition) is 0. The van der Waals surface area contributed by atoms with E-state index in [1.54, 1.807) is 0 Å². The maximum Gasteiger partial charge on any atom is 0.321 e. The topological polar surface area (TPSA) is 91.4 Å². The predicted octanol–water partition coefficient (Wildman–Crippen LogP) is 1.55. The molecule has 4 aliphatic rings. The Balaban J connectivity index is 1.85. The van der Waals surface area contributed by atoms with E-state index in [2.05, 4.69) is 0 Å². The minimum Gasteiger partial charge on any atom is -0.465 e. The van der Waals surface area contributed by atoms with E-state index in [9.17, 15) is 14.4 Å². The Bertz CT molecular complexity index is 742. The monoisotopic (exact) mass is 398 g/mol. The summed E-state index contributed by atoms with van der Waals surface area (Å²) in [4.78, 5) is 36.7. The van der Waals surface area contributed by atoms with E-state index >= 15 is 0 Å². The maximum atomic E-state index is 13.2. The minimum absolute atomic E-state index is 0.0628. The Morgan fingerprint density at radius 3 is 2.70 bits per heavy atom. The number of carbonyl (C=O) groups is 3. The predicted molar refractivity (Wildman–Crippen MR) is 93.1 cm³/mol. The van der Waals surface area contributed by atoms with E-state index in [-0.39, 0.29) is 18.3 Å². The van der Waals surface area contributed by atoms with Gasteiger partial charge in [0.15, 0.2) is 12.2 Å². The SMILES string of the molecule is CC(=O)OC[C@]12CCC(C)=CC1OC1C(=O)[C@@H](OC(=O)CCl)[C@@]2(C)C12CO2. The van der Waals surface area contributed by atoms with Crippen LogP contribution in [0.4, 0.5) is 0 Å². The summed E-state index contributed by atoms with van der Waals surface area (Å²) in [6.07, 6.45) is 1.09. The van der Waals surface area contributed by atoms with Gasteiger partial charge >= 0.3 is 11.9 Å². The second-order valence-corrected chi connectivity index (χ2v) is 8.44. The molecule has 148 valence electrons. The van der Waals surface area contributed by atoms with Gasteiger partial charge in [-0.15, -0.1) is 11.6 Å². The van der Waals surface area contributed by atoms with Gasteiger partial charge in [-0.05, 0) is 19.8 Å². The van der Waals surface area contributed by atoms with Crippen LogP contribution in [0.2, 0.25) is 0 Å². The molecule has 1 saturated carbocycles.